The fourth-order valence-corrected chi connectivity index (χ4v) is 2.70. The summed E-state index contributed by atoms with van der Waals surface area (Å²) in [6.45, 7) is 6.59. The number of nitrogens with one attached hydrogen (secondary N) is 1. The molecule has 1 fully saturated rings. The van der Waals surface area contributed by atoms with E-state index in [1.54, 1.807) is 0 Å². The summed E-state index contributed by atoms with van der Waals surface area (Å²) in [6.07, 6.45) is 1.14. The topological polar surface area (TPSA) is 39.1 Å². The summed E-state index contributed by atoms with van der Waals surface area (Å²) in [5, 5.41) is 12.6. The molecule has 1 heterocycles. The third-order valence-electron chi connectivity index (χ3n) is 4.09. The second kappa shape index (κ2) is 4.99. The first-order valence-corrected chi connectivity index (χ1v) is 6.50. The SMILES string of the molecule is CNC1CN(c2ccccc2C#N)CCC1(C)C. The van der Waals surface area contributed by atoms with Crippen molar-refractivity contribution in [3.8, 4) is 6.07 Å². The Morgan fingerprint density at radius 1 is 1.39 bits per heavy atom. The van der Waals surface area contributed by atoms with Crippen molar-refractivity contribution < 1.29 is 0 Å². The van der Waals surface area contributed by atoms with Crippen LogP contribution in [0.4, 0.5) is 5.69 Å². The molecule has 0 spiro atoms. The molecule has 3 nitrogen and oxygen atoms in total. The molecule has 0 aliphatic carbocycles. The quantitative estimate of drug-likeness (QED) is 0.867. The largest absolute Gasteiger partial charge is 0.369 e. The van der Waals surface area contributed by atoms with Crippen LogP contribution in [0.3, 0.4) is 0 Å². The maximum absolute atomic E-state index is 9.18. The van der Waals surface area contributed by atoms with Gasteiger partial charge >= 0.3 is 0 Å². The number of likely N-dealkylation sites (N-methyl/N-ethyl adjacent to an activating group) is 1. The molecular weight excluding hydrogens is 222 g/mol. The lowest BCUT2D eigenvalue weighted by Crippen LogP contribution is -2.54. The van der Waals surface area contributed by atoms with E-state index in [1.165, 1.54) is 0 Å². The molecule has 18 heavy (non-hydrogen) atoms. The van der Waals surface area contributed by atoms with Gasteiger partial charge in [0, 0.05) is 19.1 Å². The van der Waals surface area contributed by atoms with Gasteiger partial charge in [0.05, 0.1) is 11.3 Å². The van der Waals surface area contributed by atoms with Crippen molar-refractivity contribution in [3.63, 3.8) is 0 Å². The number of anilines is 1. The number of nitrogens with zero attached hydrogens (tertiary/aromatic N) is 2. The van der Waals surface area contributed by atoms with E-state index in [0.717, 1.165) is 30.8 Å². The van der Waals surface area contributed by atoms with Gasteiger partial charge in [-0.05, 0) is 31.0 Å². The zero-order valence-electron chi connectivity index (χ0n) is 11.4. The predicted molar refractivity (Wildman–Crippen MR) is 74.6 cm³/mol. The fourth-order valence-electron chi connectivity index (χ4n) is 2.70. The minimum Gasteiger partial charge on any atom is -0.369 e. The number of piperidine rings is 1. The van der Waals surface area contributed by atoms with Crippen LogP contribution < -0.4 is 10.2 Å². The molecule has 1 atom stereocenters. The Labute approximate surface area is 109 Å². The number of para-hydroxylation sites is 1. The van der Waals surface area contributed by atoms with Crippen LogP contribution in [0.15, 0.2) is 24.3 Å². The fraction of sp³-hybridized carbons (Fsp3) is 0.533. The molecule has 1 unspecified atom stereocenters. The Hall–Kier alpha value is -1.53. The van der Waals surface area contributed by atoms with Crippen LogP contribution in [0.1, 0.15) is 25.8 Å². The van der Waals surface area contributed by atoms with E-state index in [2.05, 4.69) is 30.1 Å². The summed E-state index contributed by atoms with van der Waals surface area (Å²) in [6, 6.07) is 10.6. The molecular formula is C15H21N3. The highest BCUT2D eigenvalue weighted by Gasteiger charge is 2.34. The van der Waals surface area contributed by atoms with Crippen LogP contribution in [0, 0.1) is 16.7 Å². The molecule has 1 aromatic carbocycles. The van der Waals surface area contributed by atoms with E-state index < -0.39 is 0 Å². The highest BCUT2D eigenvalue weighted by molar-refractivity contribution is 5.59. The van der Waals surface area contributed by atoms with Crippen molar-refractivity contribution in [2.24, 2.45) is 5.41 Å². The average molecular weight is 243 g/mol. The van der Waals surface area contributed by atoms with Crippen molar-refractivity contribution in [1.82, 2.24) is 5.32 Å². The minimum absolute atomic E-state index is 0.312. The summed E-state index contributed by atoms with van der Waals surface area (Å²) in [5.41, 5.74) is 2.15. The minimum atomic E-state index is 0.312. The summed E-state index contributed by atoms with van der Waals surface area (Å²) in [4.78, 5) is 2.32. The Balaban J connectivity index is 2.24. The van der Waals surface area contributed by atoms with Crippen molar-refractivity contribution >= 4 is 5.69 Å². The van der Waals surface area contributed by atoms with Crippen LogP contribution >= 0.6 is 0 Å². The first-order chi connectivity index (χ1) is 8.58. The molecule has 1 N–H and O–H groups in total. The van der Waals surface area contributed by atoms with Crippen molar-refractivity contribution in [1.29, 1.82) is 5.26 Å². The summed E-state index contributed by atoms with van der Waals surface area (Å²) in [7, 11) is 2.02. The Kier molecular flexibility index (Phi) is 3.58. The van der Waals surface area contributed by atoms with E-state index in [1.807, 2.05) is 31.3 Å². The first kappa shape index (κ1) is 12.9. The Morgan fingerprint density at radius 2 is 2.11 bits per heavy atom. The highest BCUT2D eigenvalue weighted by atomic mass is 15.2. The van der Waals surface area contributed by atoms with Gasteiger partial charge in [-0.1, -0.05) is 26.0 Å². The molecule has 3 heteroatoms. The molecule has 1 aromatic rings. The van der Waals surface area contributed by atoms with Gasteiger partial charge in [0.1, 0.15) is 6.07 Å². The second-order valence-corrected chi connectivity index (χ2v) is 5.65. The molecule has 96 valence electrons. The van der Waals surface area contributed by atoms with Crippen LogP contribution in [0.5, 0.6) is 0 Å². The number of hydrogen-bond donors (Lipinski definition) is 1. The zero-order chi connectivity index (χ0) is 13.2. The van der Waals surface area contributed by atoms with E-state index in [-0.39, 0.29) is 0 Å². The lowest BCUT2D eigenvalue weighted by atomic mass is 9.78. The molecule has 0 bridgehead atoms. The monoisotopic (exact) mass is 243 g/mol. The number of hydrogen-bond acceptors (Lipinski definition) is 3. The van der Waals surface area contributed by atoms with E-state index in [0.29, 0.717) is 11.5 Å². The van der Waals surface area contributed by atoms with Gasteiger partial charge in [-0.15, -0.1) is 0 Å². The molecule has 1 aliphatic heterocycles. The van der Waals surface area contributed by atoms with Crippen LogP contribution in [0.2, 0.25) is 0 Å². The van der Waals surface area contributed by atoms with Crippen molar-refractivity contribution in [3.05, 3.63) is 29.8 Å². The second-order valence-electron chi connectivity index (χ2n) is 5.65. The summed E-state index contributed by atoms with van der Waals surface area (Å²) in [5.74, 6) is 0. The zero-order valence-corrected chi connectivity index (χ0v) is 11.4. The Morgan fingerprint density at radius 3 is 2.78 bits per heavy atom. The van der Waals surface area contributed by atoms with Crippen LogP contribution in [-0.2, 0) is 0 Å². The van der Waals surface area contributed by atoms with E-state index >= 15 is 0 Å². The standard InChI is InChI=1S/C15H21N3/c1-15(2)8-9-18(11-14(15)17-3)13-7-5-4-6-12(13)10-16/h4-7,14,17H,8-9,11H2,1-3H3. The first-order valence-electron chi connectivity index (χ1n) is 6.50. The Bertz CT molecular complexity index is 459. The summed E-state index contributed by atoms with van der Waals surface area (Å²) >= 11 is 0. The number of rotatable bonds is 2. The maximum Gasteiger partial charge on any atom is 0.101 e. The van der Waals surface area contributed by atoms with Gasteiger partial charge in [0.15, 0.2) is 0 Å². The molecule has 1 saturated heterocycles. The summed E-state index contributed by atoms with van der Waals surface area (Å²) < 4.78 is 0. The number of nitriles is 1. The third kappa shape index (κ3) is 2.34. The predicted octanol–water partition coefficient (Wildman–Crippen LogP) is 2.38. The maximum atomic E-state index is 9.18. The van der Waals surface area contributed by atoms with Gasteiger partial charge in [-0.25, -0.2) is 0 Å². The van der Waals surface area contributed by atoms with Gasteiger partial charge in [0.25, 0.3) is 0 Å². The van der Waals surface area contributed by atoms with Gasteiger partial charge in [-0.2, -0.15) is 5.26 Å². The molecule has 1 aliphatic rings. The normalized spacial score (nSPS) is 22.6. The van der Waals surface area contributed by atoms with Gasteiger partial charge in [0.2, 0.25) is 0 Å². The van der Waals surface area contributed by atoms with E-state index in [4.69, 9.17) is 0 Å². The lowest BCUT2D eigenvalue weighted by Gasteiger charge is -2.45. The van der Waals surface area contributed by atoms with E-state index in [9.17, 15) is 5.26 Å². The number of benzene rings is 1. The molecule has 0 radical (unpaired) electrons. The lowest BCUT2D eigenvalue weighted by molar-refractivity contribution is 0.208. The van der Waals surface area contributed by atoms with Crippen LogP contribution in [-0.4, -0.2) is 26.2 Å². The van der Waals surface area contributed by atoms with Crippen LogP contribution in [0.25, 0.3) is 0 Å². The molecule has 0 aromatic heterocycles. The van der Waals surface area contributed by atoms with Crippen molar-refractivity contribution in [2.75, 3.05) is 25.0 Å². The molecule has 0 amide bonds. The molecule has 2 rings (SSSR count). The molecule has 0 saturated carbocycles. The van der Waals surface area contributed by atoms with Gasteiger partial charge < -0.3 is 10.2 Å². The van der Waals surface area contributed by atoms with Gasteiger partial charge in [-0.3, -0.25) is 0 Å². The highest BCUT2D eigenvalue weighted by Crippen LogP contribution is 2.33. The van der Waals surface area contributed by atoms with Crippen molar-refractivity contribution in [2.45, 2.75) is 26.3 Å². The smallest absolute Gasteiger partial charge is 0.101 e. The third-order valence-corrected chi connectivity index (χ3v) is 4.09. The average Bonchev–Trinajstić information content (AvgIpc) is 2.38.